The Morgan fingerprint density at radius 2 is 2.10 bits per heavy atom. The number of nitrogens with zero attached hydrogens (tertiary/aromatic N) is 2. The molecular formula is C14H20N4OS. The highest BCUT2D eigenvalue weighted by Crippen LogP contribution is 2.29. The topological polar surface area (TPSA) is 71.2 Å². The lowest BCUT2D eigenvalue weighted by atomic mass is 10.2. The maximum atomic E-state index is 12.1. The van der Waals surface area contributed by atoms with Crippen molar-refractivity contribution in [1.82, 2.24) is 10.3 Å². The fourth-order valence-corrected chi connectivity index (χ4v) is 3.12. The van der Waals surface area contributed by atoms with E-state index < -0.39 is 0 Å². The number of amides is 1. The van der Waals surface area contributed by atoms with Gasteiger partial charge in [0.1, 0.15) is 10.7 Å². The molecular weight excluding hydrogens is 272 g/mol. The third-order valence-corrected chi connectivity index (χ3v) is 4.45. The van der Waals surface area contributed by atoms with Gasteiger partial charge in [-0.1, -0.05) is 30.1 Å². The molecule has 108 valence electrons. The summed E-state index contributed by atoms with van der Waals surface area (Å²) in [5.74, 6) is 2.51. The minimum absolute atomic E-state index is 0.244. The summed E-state index contributed by atoms with van der Waals surface area (Å²) in [5, 5.41) is 3.55. The van der Waals surface area contributed by atoms with Crippen LogP contribution in [0.15, 0.2) is 0 Å². The Bertz CT molecular complexity index is 512. The van der Waals surface area contributed by atoms with E-state index in [1.54, 1.807) is 6.92 Å². The number of hydrogen-bond acceptors (Lipinski definition) is 5. The van der Waals surface area contributed by atoms with Gasteiger partial charge in [-0.2, -0.15) is 0 Å². The molecule has 1 aliphatic rings. The van der Waals surface area contributed by atoms with E-state index in [1.807, 2.05) is 0 Å². The Hall–Kier alpha value is -1.74. The first-order valence-electron chi connectivity index (χ1n) is 6.90. The molecule has 5 nitrogen and oxygen atoms in total. The highest BCUT2D eigenvalue weighted by atomic mass is 32.1. The summed E-state index contributed by atoms with van der Waals surface area (Å²) < 4.78 is 0. The number of nitrogens with two attached hydrogens (primary N) is 1. The van der Waals surface area contributed by atoms with Gasteiger partial charge in [0.2, 0.25) is 0 Å². The molecule has 0 bridgehead atoms. The Kier molecular flexibility index (Phi) is 4.85. The van der Waals surface area contributed by atoms with E-state index in [2.05, 4.69) is 21.1 Å². The van der Waals surface area contributed by atoms with Crippen LogP contribution in [0, 0.1) is 12.3 Å². The third-order valence-electron chi connectivity index (χ3n) is 3.32. The van der Waals surface area contributed by atoms with Crippen LogP contribution >= 0.6 is 11.3 Å². The molecule has 0 saturated carbocycles. The molecule has 3 N–H and O–H groups in total. The number of rotatable bonds is 3. The van der Waals surface area contributed by atoms with Gasteiger partial charge in [0.25, 0.3) is 5.91 Å². The van der Waals surface area contributed by atoms with Crippen LogP contribution in [0.25, 0.3) is 0 Å². The second-order valence-electron chi connectivity index (χ2n) is 4.97. The van der Waals surface area contributed by atoms with Crippen LogP contribution in [0.3, 0.4) is 0 Å². The summed E-state index contributed by atoms with van der Waals surface area (Å²) >= 11 is 1.35. The average Bonchev–Trinajstić information content (AvgIpc) is 2.66. The van der Waals surface area contributed by atoms with E-state index in [0.717, 1.165) is 31.1 Å². The summed E-state index contributed by atoms with van der Waals surface area (Å²) in [7, 11) is 0. The van der Waals surface area contributed by atoms with Crippen LogP contribution in [0.5, 0.6) is 0 Å². The molecule has 1 amide bonds. The predicted octanol–water partition coefficient (Wildman–Crippen LogP) is 1.86. The highest BCUT2D eigenvalue weighted by molar-refractivity contribution is 7.18. The van der Waals surface area contributed by atoms with Crippen LogP contribution in [0.4, 0.5) is 10.9 Å². The molecule has 6 heteroatoms. The van der Waals surface area contributed by atoms with Gasteiger partial charge in [0.05, 0.1) is 6.04 Å². The predicted molar refractivity (Wildman–Crippen MR) is 83.0 cm³/mol. The Labute approximate surface area is 123 Å². The van der Waals surface area contributed by atoms with E-state index in [1.165, 1.54) is 24.2 Å². The summed E-state index contributed by atoms with van der Waals surface area (Å²) in [6, 6.07) is -0.314. The molecule has 0 aliphatic carbocycles. The van der Waals surface area contributed by atoms with E-state index in [9.17, 15) is 4.79 Å². The number of thiazole rings is 1. The number of terminal acetylenes is 1. The Balaban J connectivity index is 2.12. The van der Waals surface area contributed by atoms with E-state index in [4.69, 9.17) is 12.2 Å². The fraction of sp³-hybridized carbons (Fsp3) is 0.571. The molecule has 1 aliphatic heterocycles. The maximum Gasteiger partial charge on any atom is 0.266 e. The van der Waals surface area contributed by atoms with E-state index in [0.29, 0.717) is 4.88 Å². The van der Waals surface area contributed by atoms with Crippen molar-refractivity contribution in [3.8, 4) is 12.3 Å². The number of anilines is 2. The lowest BCUT2D eigenvalue weighted by Gasteiger charge is -2.18. The lowest BCUT2D eigenvalue weighted by molar-refractivity contribution is 0.0953. The number of nitrogens with one attached hydrogen (secondary N) is 1. The highest BCUT2D eigenvalue weighted by Gasteiger charge is 2.20. The normalized spacial score (nSPS) is 17.1. The summed E-state index contributed by atoms with van der Waals surface area (Å²) in [4.78, 5) is 19.1. The van der Waals surface area contributed by atoms with Gasteiger partial charge < -0.3 is 16.0 Å². The number of nitrogen functional groups attached to an aromatic ring is 1. The number of aromatic nitrogens is 1. The average molecular weight is 292 g/mol. The second kappa shape index (κ2) is 6.62. The van der Waals surface area contributed by atoms with Crippen molar-refractivity contribution in [3.05, 3.63) is 4.88 Å². The molecule has 0 aromatic carbocycles. The fourth-order valence-electron chi connectivity index (χ4n) is 2.18. The molecule has 1 fully saturated rings. The number of carbonyl (C=O) groups is 1. The molecule has 1 saturated heterocycles. The maximum absolute atomic E-state index is 12.1. The van der Waals surface area contributed by atoms with Gasteiger partial charge >= 0.3 is 0 Å². The zero-order valence-corrected chi connectivity index (χ0v) is 12.5. The second-order valence-corrected chi connectivity index (χ2v) is 5.95. The van der Waals surface area contributed by atoms with Crippen molar-refractivity contribution in [3.63, 3.8) is 0 Å². The molecule has 1 atom stereocenters. The van der Waals surface area contributed by atoms with Crippen molar-refractivity contribution in [2.75, 3.05) is 23.7 Å². The quantitative estimate of drug-likeness (QED) is 0.834. The molecule has 2 rings (SSSR count). The Morgan fingerprint density at radius 3 is 2.70 bits per heavy atom. The first-order valence-corrected chi connectivity index (χ1v) is 7.71. The van der Waals surface area contributed by atoms with Crippen LogP contribution in [0.2, 0.25) is 0 Å². The number of carbonyl (C=O) groups excluding carboxylic acids is 1. The zero-order chi connectivity index (χ0) is 14.5. The van der Waals surface area contributed by atoms with Crippen LogP contribution in [0.1, 0.15) is 42.3 Å². The Morgan fingerprint density at radius 1 is 1.45 bits per heavy atom. The molecule has 20 heavy (non-hydrogen) atoms. The SMILES string of the molecule is C#CC(C)NC(=O)c1sc(N2CCCCCC2)nc1N. The summed E-state index contributed by atoms with van der Waals surface area (Å²) in [6.45, 7) is 3.72. The third kappa shape index (κ3) is 3.42. The lowest BCUT2D eigenvalue weighted by Crippen LogP contribution is -2.31. The molecule has 0 spiro atoms. The van der Waals surface area contributed by atoms with Crippen LogP contribution < -0.4 is 16.0 Å². The van der Waals surface area contributed by atoms with Crippen molar-refractivity contribution < 1.29 is 4.79 Å². The minimum atomic E-state index is -0.314. The zero-order valence-electron chi connectivity index (χ0n) is 11.7. The van der Waals surface area contributed by atoms with Crippen LogP contribution in [-0.2, 0) is 0 Å². The monoisotopic (exact) mass is 292 g/mol. The molecule has 1 aromatic rings. The van der Waals surface area contributed by atoms with Crippen LogP contribution in [-0.4, -0.2) is 30.0 Å². The van der Waals surface area contributed by atoms with Crippen molar-refractivity contribution in [1.29, 1.82) is 0 Å². The largest absolute Gasteiger partial charge is 0.382 e. The first kappa shape index (κ1) is 14.7. The molecule has 1 aromatic heterocycles. The van der Waals surface area contributed by atoms with Gasteiger partial charge in [-0.15, -0.1) is 6.42 Å². The summed E-state index contributed by atoms with van der Waals surface area (Å²) in [5.41, 5.74) is 5.87. The van der Waals surface area contributed by atoms with Crippen molar-refractivity contribution in [2.45, 2.75) is 38.6 Å². The van der Waals surface area contributed by atoms with Gasteiger partial charge in [-0.05, 0) is 19.8 Å². The van der Waals surface area contributed by atoms with Gasteiger partial charge in [0, 0.05) is 13.1 Å². The first-order chi connectivity index (χ1) is 9.61. The summed E-state index contributed by atoms with van der Waals surface area (Å²) in [6.07, 6.45) is 10.1. The van der Waals surface area contributed by atoms with Gasteiger partial charge in [-0.25, -0.2) is 4.98 Å². The van der Waals surface area contributed by atoms with Gasteiger partial charge in [-0.3, -0.25) is 4.79 Å². The molecule has 1 unspecified atom stereocenters. The van der Waals surface area contributed by atoms with E-state index in [-0.39, 0.29) is 17.8 Å². The molecule has 0 radical (unpaired) electrons. The smallest absolute Gasteiger partial charge is 0.266 e. The van der Waals surface area contributed by atoms with Gasteiger partial charge in [0.15, 0.2) is 5.13 Å². The number of hydrogen-bond donors (Lipinski definition) is 2. The van der Waals surface area contributed by atoms with Crippen molar-refractivity contribution >= 4 is 28.2 Å². The molecule has 2 heterocycles. The van der Waals surface area contributed by atoms with E-state index >= 15 is 0 Å². The minimum Gasteiger partial charge on any atom is -0.382 e. The van der Waals surface area contributed by atoms with Crippen molar-refractivity contribution in [2.24, 2.45) is 0 Å². The standard InChI is InChI=1S/C14H20N4OS/c1-3-10(2)16-13(19)11-12(15)17-14(20-11)18-8-6-4-5-7-9-18/h1,10H,4-9,15H2,2H3,(H,16,19).